The molecular formula is C11H23NO. The molecule has 0 aromatic heterocycles. The third-order valence-electron chi connectivity index (χ3n) is 2.22. The maximum atomic E-state index is 11.2. The lowest BCUT2D eigenvalue weighted by Gasteiger charge is -1.99. The van der Waals surface area contributed by atoms with E-state index in [0.29, 0.717) is 18.7 Å². The number of carbonyl (C=O) groups excluding carboxylic acids is 1. The van der Waals surface area contributed by atoms with E-state index in [1.54, 1.807) is 0 Å². The Labute approximate surface area is 81.9 Å². The highest BCUT2D eigenvalue weighted by Gasteiger charge is 2.00. The third kappa shape index (κ3) is 9.54. The van der Waals surface area contributed by atoms with E-state index in [2.05, 4.69) is 6.92 Å². The summed E-state index contributed by atoms with van der Waals surface area (Å²) in [6.07, 6.45) is 8.44. The molecule has 0 aromatic rings. The molecule has 0 unspecified atom stereocenters. The Morgan fingerprint density at radius 3 is 2.23 bits per heavy atom. The van der Waals surface area contributed by atoms with Crippen molar-refractivity contribution < 1.29 is 4.79 Å². The summed E-state index contributed by atoms with van der Waals surface area (Å²) < 4.78 is 0. The Balaban J connectivity index is 3.08. The Bertz CT molecular complexity index is 123. The molecule has 0 atom stereocenters. The first-order valence-corrected chi connectivity index (χ1v) is 5.53. The molecular weight excluding hydrogens is 162 g/mol. The normalized spacial score (nSPS) is 10.3. The molecule has 0 heterocycles. The van der Waals surface area contributed by atoms with Crippen LogP contribution in [0, 0.1) is 0 Å². The van der Waals surface area contributed by atoms with Gasteiger partial charge < -0.3 is 5.73 Å². The molecule has 0 aliphatic heterocycles. The molecule has 0 spiro atoms. The highest BCUT2D eigenvalue weighted by Crippen LogP contribution is 2.06. The summed E-state index contributed by atoms with van der Waals surface area (Å²) in [6.45, 7) is 2.84. The van der Waals surface area contributed by atoms with E-state index < -0.39 is 0 Å². The monoisotopic (exact) mass is 185 g/mol. The summed E-state index contributed by atoms with van der Waals surface area (Å²) in [5, 5.41) is 0. The van der Waals surface area contributed by atoms with Crippen molar-refractivity contribution in [2.45, 2.75) is 58.3 Å². The number of ketones is 1. The fourth-order valence-electron chi connectivity index (χ4n) is 1.35. The molecule has 0 radical (unpaired) electrons. The predicted octanol–water partition coefficient (Wildman–Crippen LogP) is 2.65. The number of nitrogens with two attached hydrogens (primary N) is 1. The number of carbonyl (C=O) groups is 1. The second kappa shape index (κ2) is 9.72. The van der Waals surface area contributed by atoms with E-state index in [9.17, 15) is 4.79 Å². The zero-order chi connectivity index (χ0) is 9.94. The van der Waals surface area contributed by atoms with E-state index in [-0.39, 0.29) is 0 Å². The molecule has 0 saturated heterocycles. The fourth-order valence-corrected chi connectivity index (χ4v) is 1.35. The molecule has 0 fully saturated rings. The average Bonchev–Trinajstić information content (AvgIpc) is 2.14. The standard InChI is InChI=1S/C11H23NO/c1-2-3-4-5-6-8-11(13)9-7-10-12/h2-10,12H2,1H3. The predicted molar refractivity (Wildman–Crippen MR) is 56.7 cm³/mol. The molecule has 0 bridgehead atoms. The van der Waals surface area contributed by atoms with Crippen molar-refractivity contribution in [1.29, 1.82) is 0 Å². The first-order valence-electron chi connectivity index (χ1n) is 5.53. The molecule has 0 aliphatic rings. The fraction of sp³-hybridized carbons (Fsp3) is 0.909. The van der Waals surface area contributed by atoms with Crippen LogP contribution in [-0.4, -0.2) is 12.3 Å². The minimum Gasteiger partial charge on any atom is -0.330 e. The van der Waals surface area contributed by atoms with Crippen LogP contribution in [0.2, 0.25) is 0 Å². The van der Waals surface area contributed by atoms with Crippen LogP contribution in [0.4, 0.5) is 0 Å². The van der Waals surface area contributed by atoms with Gasteiger partial charge in [0.15, 0.2) is 0 Å². The molecule has 0 aliphatic carbocycles. The van der Waals surface area contributed by atoms with Crippen molar-refractivity contribution in [3.8, 4) is 0 Å². The van der Waals surface area contributed by atoms with Crippen molar-refractivity contribution in [1.82, 2.24) is 0 Å². The van der Waals surface area contributed by atoms with Gasteiger partial charge in [-0.15, -0.1) is 0 Å². The van der Waals surface area contributed by atoms with Gasteiger partial charge in [-0.3, -0.25) is 4.79 Å². The summed E-state index contributed by atoms with van der Waals surface area (Å²) in [5.74, 6) is 0.391. The molecule has 0 saturated carbocycles. The lowest BCUT2D eigenvalue weighted by atomic mass is 10.1. The van der Waals surface area contributed by atoms with Crippen LogP contribution in [0.1, 0.15) is 58.3 Å². The second-order valence-corrected chi connectivity index (χ2v) is 3.60. The molecule has 13 heavy (non-hydrogen) atoms. The topological polar surface area (TPSA) is 43.1 Å². The van der Waals surface area contributed by atoms with Crippen LogP contribution < -0.4 is 5.73 Å². The van der Waals surface area contributed by atoms with E-state index in [1.165, 1.54) is 25.7 Å². The maximum Gasteiger partial charge on any atom is 0.132 e. The largest absolute Gasteiger partial charge is 0.330 e. The maximum absolute atomic E-state index is 11.2. The van der Waals surface area contributed by atoms with Gasteiger partial charge in [0.25, 0.3) is 0 Å². The molecule has 2 nitrogen and oxygen atoms in total. The van der Waals surface area contributed by atoms with Crippen LogP contribution in [0.15, 0.2) is 0 Å². The van der Waals surface area contributed by atoms with Crippen LogP contribution in [0.3, 0.4) is 0 Å². The minimum absolute atomic E-state index is 0.391. The summed E-state index contributed by atoms with van der Waals surface area (Å²) in [7, 11) is 0. The van der Waals surface area contributed by atoms with Crippen molar-refractivity contribution in [2.24, 2.45) is 5.73 Å². The van der Waals surface area contributed by atoms with Crippen LogP contribution >= 0.6 is 0 Å². The van der Waals surface area contributed by atoms with E-state index in [1.807, 2.05) is 0 Å². The van der Waals surface area contributed by atoms with Gasteiger partial charge >= 0.3 is 0 Å². The Kier molecular flexibility index (Phi) is 9.44. The van der Waals surface area contributed by atoms with Crippen molar-refractivity contribution >= 4 is 5.78 Å². The zero-order valence-electron chi connectivity index (χ0n) is 8.85. The first-order chi connectivity index (χ1) is 6.31. The Morgan fingerprint density at radius 2 is 1.62 bits per heavy atom. The minimum atomic E-state index is 0.391. The number of hydrogen-bond acceptors (Lipinski definition) is 2. The highest BCUT2D eigenvalue weighted by molar-refractivity contribution is 5.78. The van der Waals surface area contributed by atoms with Gasteiger partial charge in [0, 0.05) is 12.8 Å². The van der Waals surface area contributed by atoms with Gasteiger partial charge in [0.05, 0.1) is 0 Å². The molecule has 2 N–H and O–H groups in total. The quantitative estimate of drug-likeness (QED) is 0.561. The molecule has 0 amide bonds. The van der Waals surface area contributed by atoms with Crippen LogP contribution in [0.5, 0.6) is 0 Å². The molecule has 0 aromatic carbocycles. The van der Waals surface area contributed by atoms with Gasteiger partial charge in [0.1, 0.15) is 5.78 Å². The summed E-state index contributed by atoms with van der Waals surface area (Å²) >= 11 is 0. The highest BCUT2D eigenvalue weighted by atomic mass is 16.1. The SMILES string of the molecule is CCCCCCCC(=O)CCCN. The Morgan fingerprint density at radius 1 is 1.00 bits per heavy atom. The Hall–Kier alpha value is -0.370. The summed E-state index contributed by atoms with van der Waals surface area (Å²) in [4.78, 5) is 11.2. The summed E-state index contributed by atoms with van der Waals surface area (Å²) in [5.41, 5.74) is 5.32. The number of rotatable bonds is 9. The van der Waals surface area contributed by atoms with E-state index in [0.717, 1.165) is 19.3 Å². The van der Waals surface area contributed by atoms with Crippen molar-refractivity contribution in [2.75, 3.05) is 6.54 Å². The van der Waals surface area contributed by atoms with Crippen LogP contribution in [0.25, 0.3) is 0 Å². The number of unbranched alkanes of at least 4 members (excludes halogenated alkanes) is 4. The average molecular weight is 185 g/mol. The van der Waals surface area contributed by atoms with Gasteiger partial charge in [0.2, 0.25) is 0 Å². The zero-order valence-corrected chi connectivity index (χ0v) is 8.85. The lowest BCUT2D eigenvalue weighted by Crippen LogP contribution is -2.04. The number of hydrogen-bond donors (Lipinski definition) is 1. The summed E-state index contributed by atoms with van der Waals surface area (Å²) in [6, 6.07) is 0. The van der Waals surface area contributed by atoms with E-state index in [4.69, 9.17) is 5.73 Å². The first kappa shape index (κ1) is 12.6. The van der Waals surface area contributed by atoms with Crippen molar-refractivity contribution in [3.63, 3.8) is 0 Å². The lowest BCUT2D eigenvalue weighted by molar-refractivity contribution is -0.119. The molecule has 0 rings (SSSR count). The van der Waals surface area contributed by atoms with Crippen molar-refractivity contribution in [3.05, 3.63) is 0 Å². The van der Waals surface area contributed by atoms with E-state index >= 15 is 0 Å². The molecule has 78 valence electrons. The van der Waals surface area contributed by atoms with Gasteiger partial charge in [-0.25, -0.2) is 0 Å². The van der Waals surface area contributed by atoms with Gasteiger partial charge in [-0.1, -0.05) is 32.6 Å². The second-order valence-electron chi connectivity index (χ2n) is 3.60. The number of Topliss-reactive ketones (excluding diaryl/α,β-unsaturated/α-hetero) is 1. The third-order valence-corrected chi connectivity index (χ3v) is 2.22. The van der Waals surface area contributed by atoms with Gasteiger partial charge in [-0.2, -0.15) is 0 Å². The van der Waals surface area contributed by atoms with Gasteiger partial charge in [-0.05, 0) is 19.4 Å². The van der Waals surface area contributed by atoms with Crippen LogP contribution in [-0.2, 0) is 4.79 Å². The molecule has 2 heteroatoms. The smallest absolute Gasteiger partial charge is 0.132 e.